The Balaban J connectivity index is 2.82. The Morgan fingerprint density at radius 2 is 2.47 bits per heavy atom. The van der Waals surface area contributed by atoms with Crippen molar-refractivity contribution in [2.45, 2.75) is 0 Å². The van der Waals surface area contributed by atoms with Gasteiger partial charge in [-0.25, -0.2) is 0 Å². The molecule has 0 saturated heterocycles. The van der Waals surface area contributed by atoms with E-state index in [-0.39, 0.29) is 17.1 Å². The van der Waals surface area contributed by atoms with Gasteiger partial charge in [0.15, 0.2) is 5.96 Å². The van der Waals surface area contributed by atoms with E-state index in [4.69, 9.17) is 11.6 Å². The number of aliphatic imine (C=N–C) groups is 1. The van der Waals surface area contributed by atoms with E-state index in [1.807, 2.05) is 0 Å². The molecule has 0 unspecified atom stereocenters. The first-order chi connectivity index (χ1) is 7.19. The first-order valence-electron chi connectivity index (χ1n) is 4.24. The number of nitrogens with zero attached hydrogens (tertiary/aromatic N) is 1. The van der Waals surface area contributed by atoms with Crippen molar-refractivity contribution >= 4 is 29.7 Å². The molecule has 0 saturated carbocycles. The van der Waals surface area contributed by atoms with Crippen molar-refractivity contribution < 1.29 is 3.89 Å². The van der Waals surface area contributed by atoms with Crippen LogP contribution in [-0.2, 0) is 0 Å². The Kier molecular flexibility index (Phi) is 4.71. The third-order valence-electron chi connectivity index (χ3n) is 1.71. The summed E-state index contributed by atoms with van der Waals surface area (Å²) < 4.78 is 12.4. The molecular formula is C9H11ClFN3S. The lowest BCUT2D eigenvalue weighted by molar-refractivity contribution is 0.934. The number of rotatable bonds is 4. The summed E-state index contributed by atoms with van der Waals surface area (Å²) in [7, 11) is 0. The summed E-state index contributed by atoms with van der Waals surface area (Å²) in [6, 6.07) is 0. The molecule has 1 aliphatic heterocycles. The summed E-state index contributed by atoms with van der Waals surface area (Å²) >= 11 is 5.89. The van der Waals surface area contributed by atoms with Gasteiger partial charge >= 0.3 is 0 Å². The highest BCUT2D eigenvalue weighted by molar-refractivity contribution is 7.98. The minimum Gasteiger partial charge on any atom is -0.354 e. The second kappa shape index (κ2) is 5.82. The van der Waals surface area contributed by atoms with E-state index in [0.717, 1.165) is 6.54 Å². The molecule has 2 N–H and O–H groups in total. The largest absolute Gasteiger partial charge is 0.354 e. The minimum absolute atomic E-state index is 0.0301. The van der Waals surface area contributed by atoms with Crippen molar-refractivity contribution in [2.24, 2.45) is 4.99 Å². The lowest BCUT2D eigenvalue weighted by Crippen LogP contribution is -2.33. The molecule has 1 heterocycles. The third-order valence-corrected chi connectivity index (χ3v) is 2.44. The number of nitrogens with one attached hydrogen (secondary N) is 2. The standard InChI is InChI=1S/C9H11ClFN3S/c1-3-7(10)8(6(2)15-11)14-9-12-4-5-13-9/h3H,1-2,4-5H2,(H2,12,13,14)/b8-7-. The van der Waals surface area contributed by atoms with Gasteiger partial charge in [-0.1, -0.05) is 24.8 Å². The van der Waals surface area contributed by atoms with Crippen LogP contribution in [0.25, 0.3) is 0 Å². The van der Waals surface area contributed by atoms with Gasteiger partial charge in [0.05, 0.1) is 34.3 Å². The Morgan fingerprint density at radius 1 is 1.73 bits per heavy atom. The highest BCUT2D eigenvalue weighted by atomic mass is 35.5. The number of allylic oxidation sites excluding steroid dienone is 2. The smallest absolute Gasteiger partial charge is 0.195 e. The minimum atomic E-state index is 0.0301. The second-order valence-electron chi connectivity index (χ2n) is 2.71. The monoisotopic (exact) mass is 247 g/mol. The van der Waals surface area contributed by atoms with E-state index in [0.29, 0.717) is 23.2 Å². The van der Waals surface area contributed by atoms with E-state index in [1.54, 1.807) is 0 Å². The highest BCUT2D eigenvalue weighted by Crippen LogP contribution is 2.25. The lowest BCUT2D eigenvalue weighted by atomic mass is 10.3. The second-order valence-corrected chi connectivity index (χ2v) is 3.76. The maximum absolute atomic E-state index is 12.4. The van der Waals surface area contributed by atoms with Gasteiger partial charge < -0.3 is 10.6 Å². The average molecular weight is 248 g/mol. The van der Waals surface area contributed by atoms with Crippen molar-refractivity contribution in [3.63, 3.8) is 0 Å². The fraction of sp³-hybridized carbons (Fsp3) is 0.222. The highest BCUT2D eigenvalue weighted by Gasteiger charge is 2.12. The molecule has 0 amide bonds. The molecule has 0 radical (unpaired) electrons. The van der Waals surface area contributed by atoms with Crippen LogP contribution >= 0.6 is 23.7 Å². The molecule has 0 aromatic rings. The van der Waals surface area contributed by atoms with Crippen LogP contribution in [0.2, 0.25) is 0 Å². The zero-order valence-corrected chi connectivity index (χ0v) is 9.59. The summed E-state index contributed by atoms with van der Waals surface area (Å²) in [6.45, 7) is 8.50. The first-order valence-corrected chi connectivity index (χ1v) is 5.34. The molecule has 0 fully saturated rings. The predicted molar refractivity (Wildman–Crippen MR) is 64.4 cm³/mol. The van der Waals surface area contributed by atoms with Crippen LogP contribution in [0.5, 0.6) is 0 Å². The number of halogens is 2. The zero-order valence-electron chi connectivity index (χ0n) is 8.02. The van der Waals surface area contributed by atoms with Crippen molar-refractivity contribution in [3.8, 4) is 0 Å². The predicted octanol–water partition coefficient (Wildman–Crippen LogP) is 2.30. The fourth-order valence-corrected chi connectivity index (χ4v) is 1.46. The molecule has 6 heteroatoms. The Labute approximate surface area is 97.5 Å². The van der Waals surface area contributed by atoms with Crippen molar-refractivity contribution in [1.82, 2.24) is 10.6 Å². The zero-order chi connectivity index (χ0) is 11.3. The molecule has 0 aromatic heterocycles. The quantitative estimate of drug-likeness (QED) is 0.749. The summed E-state index contributed by atoms with van der Waals surface area (Å²) in [5, 5.41) is 6.16. The lowest BCUT2D eigenvalue weighted by Gasteiger charge is -2.11. The third kappa shape index (κ3) is 3.28. The van der Waals surface area contributed by atoms with Gasteiger partial charge in [0.25, 0.3) is 0 Å². The van der Waals surface area contributed by atoms with Crippen LogP contribution in [0.3, 0.4) is 0 Å². The van der Waals surface area contributed by atoms with Crippen molar-refractivity contribution in [1.29, 1.82) is 0 Å². The summed E-state index contributed by atoms with van der Waals surface area (Å²) in [4.78, 5) is 4.29. The van der Waals surface area contributed by atoms with Crippen LogP contribution in [0, 0.1) is 0 Å². The topological polar surface area (TPSA) is 36.4 Å². The molecule has 0 spiro atoms. The number of hydrogen-bond acceptors (Lipinski definition) is 4. The number of hydrogen-bond donors (Lipinski definition) is 2. The van der Waals surface area contributed by atoms with Crippen LogP contribution in [0.15, 0.2) is 39.9 Å². The molecule has 1 aliphatic rings. The molecule has 0 atom stereocenters. The maximum Gasteiger partial charge on any atom is 0.195 e. The van der Waals surface area contributed by atoms with E-state index >= 15 is 0 Å². The Bertz CT molecular complexity index is 338. The van der Waals surface area contributed by atoms with Crippen LogP contribution in [-0.4, -0.2) is 19.0 Å². The molecule has 0 bridgehead atoms. The molecule has 1 rings (SSSR count). The van der Waals surface area contributed by atoms with Gasteiger partial charge in [-0.15, -0.1) is 0 Å². The molecular weight excluding hydrogens is 237 g/mol. The molecule has 82 valence electrons. The average Bonchev–Trinajstić information content (AvgIpc) is 2.76. The van der Waals surface area contributed by atoms with Gasteiger partial charge in [-0.3, -0.25) is 4.99 Å². The molecule has 0 aromatic carbocycles. The van der Waals surface area contributed by atoms with Gasteiger partial charge in [0, 0.05) is 6.54 Å². The maximum atomic E-state index is 12.4. The molecule has 0 aliphatic carbocycles. The fourth-order valence-electron chi connectivity index (χ4n) is 1.00. The van der Waals surface area contributed by atoms with Gasteiger partial charge in [-0.2, -0.15) is 3.89 Å². The van der Waals surface area contributed by atoms with E-state index in [9.17, 15) is 3.89 Å². The summed E-state index contributed by atoms with van der Waals surface area (Å²) in [5.41, 5.74) is 0.382. The van der Waals surface area contributed by atoms with Gasteiger partial charge in [0.2, 0.25) is 0 Å². The Morgan fingerprint density at radius 3 is 2.93 bits per heavy atom. The first kappa shape index (κ1) is 12.1. The van der Waals surface area contributed by atoms with Crippen LogP contribution < -0.4 is 10.6 Å². The van der Waals surface area contributed by atoms with E-state index in [1.165, 1.54) is 6.08 Å². The summed E-state index contributed by atoms with van der Waals surface area (Å²) in [5.74, 6) is 0.570. The number of guanidine groups is 1. The van der Waals surface area contributed by atoms with Crippen LogP contribution in [0.1, 0.15) is 0 Å². The van der Waals surface area contributed by atoms with E-state index < -0.39 is 0 Å². The summed E-state index contributed by atoms with van der Waals surface area (Å²) in [6.07, 6.45) is 1.42. The van der Waals surface area contributed by atoms with Crippen molar-refractivity contribution in [3.05, 3.63) is 34.9 Å². The SMILES string of the molecule is C=C/C(Cl)=C(/NC1=NCCN1)C(=C)SF. The van der Waals surface area contributed by atoms with E-state index in [2.05, 4.69) is 28.8 Å². The van der Waals surface area contributed by atoms with Gasteiger partial charge in [-0.05, 0) is 6.08 Å². The normalized spacial score (nSPS) is 16.3. The van der Waals surface area contributed by atoms with Crippen LogP contribution in [0.4, 0.5) is 3.89 Å². The molecule has 15 heavy (non-hydrogen) atoms. The van der Waals surface area contributed by atoms with Gasteiger partial charge in [0.1, 0.15) is 0 Å². The molecule has 3 nitrogen and oxygen atoms in total. The van der Waals surface area contributed by atoms with Crippen molar-refractivity contribution in [2.75, 3.05) is 13.1 Å². The Hall–Kier alpha value is -0.940.